The summed E-state index contributed by atoms with van der Waals surface area (Å²) in [7, 11) is 0. The molecule has 1 saturated carbocycles. The van der Waals surface area contributed by atoms with Crippen LogP contribution in [0.4, 0.5) is 0 Å². The Balaban J connectivity index is 0.000000640. The first kappa shape index (κ1) is 8.81. The van der Waals surface area contributed by atoms with E-state index in [4.69, 9.17) is 0 Å². The van der Waals surface area contributed by atoms with Gasteiger partial charge in [-0.2, -0.15) is 0 Å². The molecular weight excluding hydrogens is 111 g/mol. The molecule has 0 heterocycles. The van der Waals surface area contributed by atoms with Crippen molar-refractivity contribution in [3.8, 4) is 0 Å². The summed E-state index contributed by atoms with van der Waals surface area (Å²) >= 11 is 0. The molecule has 0 saturated heterocycles. The van der Waals surface area contributed by atoms with Gasteiger partial charge in [0.2, 0.25) is 0 Å². The van der Waals surface area contributed by atoms with Crippen LogP contribution < -0.4 is 24.0 Å². The van der Waals surface area contributed by atoms with E-state index in [9.17, 15) is 9.90 Å². The smallest absolute Gasteiger partial charge is 0.550 e. The molecule has 1 fully saturated rings. The summed E-state index contributed by atoms with van der Waals surface area (Å²) < 4.78 is 0. The number of allylic oxidation sites excluding steroid dienone is 1. The average molecular weight is 118 g/mol. The number of aliphatic carboxylic acids is 1. The quantitative estimate of drug-likeness (QED) is 0.267. The van der Waals surface area contributed by atoms with Crippen molar-refractivity contribution in [2.75, 3.05) is 0 Å². The van der Waals surface area contributed by atoms with Crippen LogP contribution >= 0.6 is 0 Å². The van der Waals surface area contributed by atoms with Crippen molar-refractivity contribution in [3.63, 3.8) is 0 Å². The molecule has 0 atom stereocenters. The van der Waals surface area contributed by atoms with Crippen LogP contribution in [0.2, 0.25) is 0 Å². The molecule has 3 heteroatoms. The molecule has 0 unspecified atom stereocenters. The van der Waals surface area contributed by atoms with Crippen molar-refractivity contribution in [1.29, 1.82) is 0 Å². The molecule has 1 rings (SSSR count). The van der Waals surface area contributed by atoms with Crippen LogP contribution in [0.25, 0.3) is 0 Å². The fraction of sp³-hybridized carbons (Fsp3) is 0.500. The van der Waals surface area contributed by atoms with Gasteiger partial charge >= 0.3 is 18.9 Å². The number of hydrogen-bond acceptors (Lipinski definition) is 2. The summed E-state index contributed by atoms with van der Waals surface area (Å²) in [6.45, 7) is 3.60. The van der Waals surface area contributed by atoms with E-state index in [0.717, 1.165) is 5.57 Å². The first-order chi connectivity index (χ1) is 3.70. The number of carboxylic acid groups (broad SMARTS) is 1. The minimum atomic E-state index is -0.933. The van der Waals surface area contributed by atoms with E-state index in [0.29, 0.717) is 12.8 Å². The summed E-state index contributed by atoms with van der Waals surface area (Å²) in [5.41, 5.74) is 1.03. The molecule has 44 valence electrons. The van der Waals surface area contributed by atoms with E-state index in [1.165, 1.54) is 0 Å². The molecule has 0 aromatic carbocycles. The number of carboxylic acids is 1. The number of carbonyl (C=O) groups excluding carboxylic acids is 1. The average Bonchev–Trinajstić information content (AvgIpc) is 1.57. The van der Waals surface area contributed by atoms with Crippen LogP contribution in [0.1, 0.15) is 12.8 Å². The van der Waals surface area contributed by atoms with Gasteiger partial charge in [-0.25, -0.2) is 0 Å². The van der Waals surface area contributed by atoms with E-state index >= 15 is 0 Å². The Morgan fingerprint density at radius 1 is 1.67 bits per heavy atom. The summed E-state index contributed by atoms with van der Waals surface area (Å²) in [4.78, 5) is 9.97. The van der Waals surface area contributed by atoms with Crippen LogP contribution in [0.15, 0.2) is 12.2 Å². The molecule has 0 aromatic rings. The monoisotopic (exact) mass is 118 g/mol. The summed E-state index contributed by atoms with van der Waals surface area (Å²) in [5, 5.41) is 9.97. The van der Waals surface area contributed by atoms with E-state index in [1.807, 2.05) is 0 Å². The third-order valence-corrected chi connectivity index (χ3v) is 1.40. The Hall–Kier alpha value is -0.193. The first-order valence-corrected chi connectivity index (χ1v) is 2.57. The Bertz CT molecular complexity index is 134. The zero-order valence-corrected chi connectivity index (χ0v) is 5.52. The number of rotatable bonds is 1. The molecular formula is C6H7LiO2. The molecule has 0 bridgehead atoms. The van der Waals surface area contributed by atoms with Crippen molar-refractivity contribution >= 4 is 5.97 Å². The van der Waals surface area contributed by atoms with E-state index in [-0.39, 0.29) is 24.8 Å². The zero-order chi connectivity index (χ0) is 6.15. The van der Waals surface area contributed by atoms with Gasteiger partial charge in [0.15, 0.2) is 0 Å². The van der Waals surface area contributed by atoms with Gasteiger partial charge in [-0.1, -0.05) is 12.2 Å². The summed E-state index contributed by atoms with van der Waals surface area (Å²) in [6.07, 6.45) is 1.25. The van der Waals surface area contributed by atoms with Crippen LogP contribution in [0.3, 0.4) is 0 Å². The summed E-state index contributed by atoms with van der Waals surface area (Å²) in [6, 6.07) is 0. The maximum absolute atomic E-state index is 9.97. The van der Waals surface area contributed by atoms with Gasteiger partial charge in [-0.15, -0.1) is 0 Å². The standard InChI is InChI=1S/C6H8O2.Li/c1-4-2-5(3-4)6(7)8;/h5H,1-3H2,(H,7,8);/q;+1/p-1. The second kappa shape index (κ2) is 3.10. The van der Waals surface area contributed by atoms with Crippen molar-refractivity contribution in [1.82, 2.24) is 0 Å². The SMILES string of the molecule is C=C1CC(C(=O)[O-])C1.[Li+]. The van der Waals surface area contributed by atoms with E-state index < -0.39 is 5.97 Å². The maximum atomic E-state index is 9.97. The fourth-order valence-electron chi connectivity index (χ4n) is 0.804. The van der Waals surface area contributed by atoms with E-state index in [2.05, 4.69) is 6.58 Å². The maximum Gasteiger partial charge on any atom is 1.00 e. The van der Waals surface area contributed by atoms with Gasteiger partial charge in [0.1, 0.15) is 0 Å². The van der Waals surface area contributed by atoms with Gasteiger partial charge in [-0.05, 0) is 12.8 Å². The van der Waals surface area contributed by atoms with Crippen LogP contribution in [-0.2, 0) is 4.79 Å². The molecule has 0 aromatic heterocycles. The van der Waals surface area contributed by atoms with Gasteiger partial charge in [0.05, 0.1) is 0 Å². The van der Waals surface area contributed by atoms with Gasteiger partial charge in [-0.3, -0.25) is 0 Å². The first-order valence-electron chi connectivity index (χ1n) is 2.57. The Kier molecular flexibility index (Phi) is 3.03. The largest absolute Gasteiger partial charge is 1.00 e. The second-order valence-electron chi connectivity index (χ2n) is 2.17. The second-order valence-corrected chi connectivity index (χ2v) is 2.17. The van der Waals surface area contributed by atoms with Crippen LogP contribution in [0, 0.1) is 5.92 Å². The van der Waals surface area contributed by atoms with Crippen molar-refractivity contribution in [3.05, 3.63) is 12.2 Å². The van der Waals surface area contributed by atoms with Gasteiger partial charge < -0.3 is 9.90 Å². The molecule has 0 N–H and O–H groups in total. The van der Waals surface area contributed by atoms with Crippen molar-refractivity contribution in [2.45, 2.75) is 12.8 Å². The molecule has 0 aliphatic heterocycles. The van der Waals surface area contributed by atoms with E-state index in [1.54, 1.807) is 0 Å². The Labute approximate surface area is 66.1 Å². The fourth-order valence-corrected chi connectivity index (χ4v) is 0.804. The van der Waals surface area contributed by atoms with Crippen LogP contribution in [0.5, 0.6) is 0 Å². The molecule has 0 spiro atoms. The molecule has 9 heavy (non-hydrogen) atoms. The molecule has 2 nitrogen and oxygen atoms in total. The van der Waals surface area contributed by atoms with Crippen molar-refractivity contribution < 1.29 is 28.8 Å². The number of carbonyl (C=O) groups is 1. The minimum Gasteiger partial charge on any atom is -0.550 e. The zero-order valence-electron chi connectivity index (χ0n) is 5.52. The Morgan fingerprint density at radius 2 is 2.11 bits per heavy atom. The number of hydrogen-bond donors (Lipinski definition) is 0. The molecule has 0 amide bonds. The van der Waals surface area contributed by atoms with Crippen LogP contribution in [-0.4, -0.2) is 5.97 Å². The van der Waals surface area contributed by atoms with Gasteiger partial charge in [0.25, 0.3) is 0 Å². The summed E-state index contributed by atoms with van der Waals surface area (Å²) in [5.74, 6) is -1.17. The molecule has 1 aliphatic carbocycles. The van der Waals surface area contributed by atoms with Gasteiger partial charge in [0, 0.05) is 11.9 Å². The normalized spacial score (nSPS) is 18.0. The molecule has 0 radical (unpaired) electrons. The third kappa shape index (κ3) is 1.89. The topological polar surface area (TPSA) is 40.1 Å². The predicted molar refractivity (Wildman–Crippen MR) is 26.9 cm³/mol. The predicted octanol–water partition coefficient (Wildman–Crippen LogP) is -3.29. The Morgan fingerprint density at radius 3 is 2.22 bits per heavy atom. The van der Waals surface area contributed by atoms with Crippen molar-refractivity contribution in [2.24, 2.45) is 5.92 Å². The minimum absolute atomic E-state index is 0. The third-order valence-electron chi connectivity index (χ3n) is 1.40. The molecule has 1 aliphatic rings.